The van der Waals surface area contributed by atoms with Crippen LogP contribution in [0.1, 0.15) is 36.7 Å². The molecule has 4 saturated heterocycles. The fourth-order valence-electron chi connectivity index (χ4n) is 6.25. The summed E-state index contributed by atoms with van der Waals surface area (Å²) in [7, 11) is 0. The number of carbonyl (C=O) groups is 2. The molecule has 6 aliphatic heterocycles. The predicted molar refractivity (Wildman–Crippen MR) is 111 cm³/mol. The standard InChI is InChI=1S/C22H28N5O3.BrH/c1-4-30-16-5-17-15(8-27-12-23-9-24(13-27)11-25(10-23)14-27)7-22(2,3)26-19(17)18(6-16)20(28)21(26)29;/h5-7H,4,8-14H2,1-3H3;1H/q+1;/p-1. The summed E-state index contributed by atoms with van der Waals surface area (Å²) in [4.78, 5) is 34.9. The lowest BCUT2D eigenvalue weighted by molar-refractivity contribution is -0.974. The van der Waals surface area contributed by atoms with E-state index in [1.165, 1.54) is 5.57 Å². The van der Waals surface area contributed by atoms with Crippen molar-refractivity contribution in [2.24, 2.45) is 0 Å². The van der Waals surface area contributed by atoms with Gasteiger partial charge in [0.2, 0.25) is 0 Å². The summed E-state index contributed by atoms with van der Waals surface area (Å²) in [5.74, 6) is -0.204. The maximum Gasteiger partial charge on any atom is 0.300 e. The molecule has 1 amide bonds. The molecule has 4 fully saturated rings. The number of amides is 1. The topological polar surface area (TPSA) is 56.3 Å². The third kappa shape index (κ3) is 3.01. The summed E-state index contributed by atoms with van der Waals surface area (Å²) in [6.07, 6.45) is 2.20. The molecule has 6 heterocycles. The summed E-state index contributed by atoms with van der Waals surface area (Å²) < 4.78 is 6.74. The fraction of sp³-hybridized carbons (Fsp3) is 0.545. The van der Waals surface area contributed by atoms with Gasteiger partial charge in [-0.25, -0.2) is 14.7 Å². The molecule has 1 aromatic rings. The molecule has 6 aliphatic rings. The van der Waals surface area contributed by atoms with Crippen molar-refractivity contribution in [3.63, 3.8) is 0 Å². The maximum atomic E-state index is 12.9. The molecule has 166 valence electrons. The van der Waals surface area contributed by atoms with E-state index in [0.29, 0.717) is 17.9 Å². The molecule has 4 bridgehead atoms. The van der Waals surface area contributed by atoms with E-state index < -0.39 is 17.2 Å². The molecular formula is C22H28BrN5O3. The zero-order valence-corrected chi connectivity index (χ0v) is 19.8. The molecule has 1 aromatic carbocycles. The van der Waals surface area contributed by atoms with Crippen LogP contribution < -0.4 is 26.6 Å². The Morgan fingerprint density at radius 2 is 1.58 bits per heavy atom. The zero-order valence-electron chi connectivity index (χ0n) is 18.2. The van der Waals surface area contributed by atoms with E-state index in [4.69, 9.17) is 4.74 Å². The smallest absolute Gasteiger partial charge is 0.300 e. The van der Waals surface area contributed by atoms with Gasteiger partial charge in [-0.1, -0.05) is 0 Å². The van der Waals surface area contributed by atoms with Gasteiger partial charge in [0.25, 0.3) is 11.7 Å². The molecule has 8 nitrogen and oxygen atoms in total. The highest BCUT2D eigenvalue weighted by molar-refractivity contribution is 6.53. The average molecular weight is 490 g/mol. The second kappa shape index (κ2) is 6.86. The second-order valence-electron chi connectivity index (χ2n) is 9.95. The van der Waals surface area contributed by atoms with E-state index in [0.717, 1.165) is 62.3 Å². The molecule has 0 atom stereocenters. The van der Waals surface area contributed by atoms with E-state index in [-0.39, 0.29) is 17.0 Å². The molecule has 7 rings (SSSR count). The van der Waals surface area contributed by atoms with Gasteiger partial charge in [-0.05, 0) is 39.0 Å². The molecule has 0 aromatic heterocycles. The van der Waals surface area contributed by atoms with Crippen molar-refractivity contribution in [2.45, 2.75) is 26.3 Å². The third-order valence-electron chi connectivity index (χ3n) is 6.92. The Kier molecular flexibility index (Phi) is 4.66. The average Bonchev–Trinajstić information content (AvgIpc) is 2.90. The van der Waals surface area contributed by atoms with Gasteiger partial charge in [0, 0.05) is 11.1 Å². The lowest BCUT2D eigenvalue weighted by Gasteiger charge is -2.61. The van der Waals surface area contributed by atoms with Crippen molar-refractivity contribution in [1.82, 2.24) is 14.7 Å². The zero-order chi connectivity index (χ0) is 20.8. The van der Waals surface area contributed by atoms with Crippen molar-refractivity contribution >= 4 is 23.0 Å². The number of anilines is 1. The number of quaternary nitrogens is 1. The van der Waals surface area contributed by atoms with Crippen LogP contribution >= 0.6 is 0 Å². The van der Waals surface area contributed by atoms with E-state index in [1.807, 2.05) is 26.8 Å². The number of halogens is 1. The molecule has 9 heteroatoms. The Bertz CT molecular complexity index is 985. The van der Waals surface area contributed by atoms with E-state index >= 15 is 0 Å². The molecule has 0 N–H and O–H groups in total. The van der Waals surface area contributed by atoms with Crippen LogP contribution in [0.15, 0.2) is 18.2 Å². The van der Waals surface area contributed by atoms with Crippen LogP contribution in [-0.4, -0.2) is 89.6 Å². The van der Waals surface area contributed by atoms with Gasteiger partial charge in [0.1, 0.15) is 32.3 Å². The Morgan fingerprint density at radius 3 is 2.16 bits per heavy atom. The summed E-state index contributed by atoms with van der Waals surface area (Å²) in [5, 5.41) is 0. The van der Waals surface area contributed by atoms with Gasteiger partial charge >= 0.3 is 0 Å². The van der Waals surface area contributed by atoms with Crippen molar-refractivity contribution < 1.29 is 35.8 Å². The van der Waals surface area contributed by atoms with Gasteiger partial charge in [-0.2, -0.15) is 0 Å². The van der Waals surface area contributed by atoms with Crippen LogP contribution in [0.4, 0.5) is 5.69 Å². The van der Waals surface area contributed by atoms with Crippen molar-refractivity contribution in [3.8, 4) is 5.75 Å². The van der Waals surface area contributed by atoms with Crippen molar-refractivity contribution in [2.75, 3.05) is 58.1 Å². The summed E-state index contributed by atoms with van der Waals surface area (Å²) in [6, 6.07) is 3.76. The van der Waals surface area contributed by atoms with Crippen molar-refractivity contribution in [1.29, 1.82) is 0 Å². The van der Waals surface area contributed by atoms with Crippen molar-refractivity contribution in [3.05, 3.63) is 29.3 Å². The number of ether oxygens (including phenoxy) is 1. The summed E-state index contributed by atoms with van der Waals surface area (Å²) >= 11 is 0. The number of rotatable bonds is 4. The van der Waals surface area contributed by atoms with Gasteiger partial charge in [-0.3, -0.25) is 19.0 Å². The monoisotopic (exact) mass is 489 g/mol. The fourth-order valence-corrected chi connectivity index (χ4v) is 6.25. The van der Waals surface area contributed by atoms with Crippen LogP contribution in [0.5, 0.6) is 5.75 Å². The molecule has 0 saturated carbocycles. The second-order valence-corrected chi connectivity index (χ2v) is 9.95. The van der Waals surface area contributed by atoms with Crippen LogP contribution in [-0.2, 0) is 4.79 Å². The number of hydrogen-bond donors (Lipinski definition) is 0. The predicted octanol–water partition coefficient (Wildman–Crippen LogP) is -1.70. The minimum absolute atomic E-state index is 0. The molecule has 31 heavy (non-hydrogen) atoms. The van der Waals surface area contributed by atoms with Gasteiger partial charge in [0.15, 0.2) is 0 Å². The molecule has 0 unspecified atom stereocenters. The lowest BCUT2D eigenvalue weighted by Crippen LogP contribution is -3.00. The highest BCUT2D eigenvalue weighted by atomic mass is 79.9. The van der Waals surface area contributed by atoms with Crippen LogP contribution in [0.25, 0.3) is 5.57 Å². The molecule has 0 aliphatic carbocycles. The summed E-state index contributed by atoms with van der Waals surface area (Å²) in [6.45, 7) is 13.7. The lowest BCUT2D eigenvalue weighted by atomic mass is 9.87. The molecule has 0 radical (unpaired) electrons. The quantitative estimate of drug-likeness (QED) is 0.371. The van der Waals surface area contributed by atoms with Gasteiger partial charge in [-0.15, -0.1) is 0 Å². The van der Waals surface area contributed by atoms with E-state index in [2.05, 4.69) is 20.8 Å². The number of carbonyl (C=O) groups excluding carboxylic acids is 2. The van der Waals surface area contributed by atoms with Gasteiger partial charge in [0.05, 0.1) is 43.4 Å². The summed E-state index contributed by atoms with van der Waals surface area (Å²) in [5.41, 5.74) is 2.89. The minimum Gasteiger partial charge on any atom is -1.00 e. The number of ketones is 1. The maximum absolute atomic E-state index is 12.9. The Morgan fingerprint density at radius 1 is 1.00 bits per heavy atom. The highest BCUT2D eigenvalue weighted by Gasteiger charge is 2.52. The van der Waals surface area contributed by atoms with Crippen LogP contribution in [0.3, 0.4) is 0 Å². The highest BCUT2D eigenvalue weighted by Crippen LogP contribution is 2.48. The normalized spacial score (nSPS) is 33.8. The number of Topliss-reactive ketones (excluding diaryl/α,β-unsaturated/α-hetero) is 1. The van der Waals surface area contributed by atoms with Crippen LogP contribution in [0.2, 0.25) is 0 Å². The molecular weight excluding hydrogens is 462 g/mol. The number of hydrogen-bond acceptors (Lipinski definition) is 6. The number of benzene rings is 1. The Labute approximate surface area is 193 Å². The minimum atomic E-state index is -0.541. The Balaban J connectivity index is 0.00000204. The first kappa shape index (κ1) is 21.1. The molecule has 0 spiro atoms. The van der Waals surface area contributed by atoms with Gasteiger partial charge < -0.3 is 21.7 Å². The van der Waals surface area contributed by atoms with E-state index in [9.17, 15) is 9.59 Å². The first-order valence-electron chi connectivity index (χ1n) is 10.7. The third-order valence-corrected chi connectivity index (χ3v) is 6.92. The Hall–Kier alpha value is -1.78. The largest absolute Gasteiger partial charge is 1.00 e. The van der Waals surface area contributed by atoms with Crippen LogP contribution in [0, 0.1) is 0 Å². The first-order chi connectivity index (χ1) is 14.3. The number of nitrogens with zero attached hydrogens (tertiary/aromatic N) is 5. The first-order valence-corrected chi connectivity index (χ1v) is 10.7. The SMILES string of the molecule is CCOc1cc2c3c(c1)C(C[N+]14CN5CN(CN(C5)C1)C4)=CC(C)(C)N3C(=O)C2=O.[Br-]. The van der Waals surface area contributed by atoms with E-state index in [1.54, 1.807) is 11.0 Å².